The first kappa shape index (κ1) is 57.8. The second kappa shape index (κ2) is 46.3. The molecule has 0 saturated heterocycles. The summed E-state index contributed by atoms with van der Waals surface area (Å²) in [6.45, 7) is 3.62. The highest BCUT2D eigenvalue weighted by molar-refractivity contribution is 7.46. The Hall–Kier alpha value is -2.25. The number of esters is 2. The van der Waals surface area contributed by atoms with Crippen LogP contribution < -0.4 is 0 Å². The smallest absolute Gasteiger partial charge is 0.462 e. The van der Waals surface area contributed by atoms with Gasteiger partial charge in [-0.15, -0.1) is 0 Å². The van der Waals surface area contributed by atoms with Gasteiger partial charge in [0, 0.05) is 12.8 Å². The maximum atomic E-state index is 12.5. The number of carbonyl (C=O) groups is 2. The lowest BCUT2D eigenvalue weighted by Crippen LogP contribution is -2.29. The molecule has 0 saturated carbocycles. The van der Waals surface area contributed by atoms with E-state index in [2.05, 4.69) is 67.0 Å². The van der Waals surface area contributed by atoms with Crippen molar-refractivity contribution in [3.63, 3.8) is 0 Å². The Kier molecular flexibility index (Phi) is 44.5. The number of ether oxygens (including phenoxy) is 2. The molecule has 0 radical (unpaired) electrons. The van der Waals surface area contributed by atoms with E-state index in [9.17, 15) is 14.2 Å². The molecule has 0 aliphatic carbocycles. The number of phosphoric ester groups is 1. The van der Waals surface area contributed by atoms with Gasteiger partial charge in [-0.1, -0.05) is 229 Å². The minimum absolute atomic E-state index is 0.143. The van der Waals surface area contributed by atoms with Gasteiger partial charge in [0.25, 0.3) is 0 Å². The lowest BCUT2D eigenvalue weighted by atomic mass is 10.0. The second-order valence-electron chi connectivity index (χ2n) is 16.4. The quantitative estimate of drug-likeness (QED) is 0.0269. The van der Waals surface area contributed by atoms with E-state index >= 15 is 0 Å². The molecule has 0 unspecified atom stereocenters. The highest BCUT2D eigenvalue weighted by Crippen LogP contribution is 2.36. The van der Waals surface area contributed by atoms with Crippen LogP contribution in [0.5, 0.6) is 0 Å². The van der Waals surface area contributed by atoms with Crippen molar-refractivity contribution in [1.82, 2.24) is 0 Å². The van der Waals surface area contributed by atoms with E-state index in [4.69, 9.17) is 19.3 Å². The van der Waals surface area contributed by atoms with Crippen molar-refractivity contribution in [3.05, 3.63) is 60.8 Å². The third-order valence-electron chi connectivity index (χ3n) is 10.6. The molecule has 0 rings (SSSR count). The topological polar surface area (TPSA) is 119 Å². The van der Waals surface area contributed by atoms with Gasteiger partial charge in [-0.3, -0.25) is 14.1 Å². The van der Waals surface area contributed by atoms with Crippen molar-refractivity contribution in [2.45, 2.75) is 238 Å². The zero-order valence-corrected chi connectivity index (χ0v) is 39.5. The number of carbonyl (C=O) groups excluding carboxylic acids is 2. The Balaban J connectivity index is 3.91. The van der Waals surface area contributed by atoms with Crippen molar-refractivity contribution in [2.24, 2.45) is 0 Å². The van der Waals surface area contributed by atoms with E-state index in [1.54, 1.807) is 0 Å². The molecule has 0 heterocycles. The summed E-state index contributed by atoms with van der Waals surface area (Å²) >= 11 is 0. The van der Waals surface area contributed by atoms with E-state index in [1.807, 2.05) is 12.2 Å². The average Bonchev–Trinajstić information content (AvgIpc) is 3.22. The summed E-state index contributed by atoms with van der Waals surface area (Å²) in [7, 11) is -4.78. The summed E-state index contributed by atoms with van der Waals surface area (Å²) in [6, 6.07) is 0. The lowest BCUT2D eigenvalue weighted by Gasteiger charge is -2.18. The van der Waals surface area contributed by atoms with E-state index < -0.39 is 32.5 Å². The van der Waals surface area contributed by atoms with Crippen LogP contribution in [0.4, 0.5) is 0 Å². The zero-order chi connectivity index (χ0) is 43.9. The van der Waals surface area contributed by atoms with Gasteiger partial charge in [-0.25, -0.2) is 4.57 Å². The van der Waals surface area contributed by atoms with E-state index in [0.717, 1.165) is 44.9 Å². The first-order valence-corrected chi connectivity index (χ1v) is 26.1. The van der Waals surface area contributed by atoms with E-state index in [0.29, 0.717) is 12.8 Å². The summed E-state index contributed by atoms with van der Waals surface area (Å²) in [5, 5.41) is 0. The largest absolute Gasteiger partial charge is 0.469 e. The molecule has 0 aliphatic heterocycles. The predicted octanol–water partition coefficient (Wildman–Crippen LogP) is 15.6. The average molecular weight is 863 g/mol. The summed E-state index contributed by atoms with van der Waals surface area (Å²) in [4.78, 5) is 43.0. The molecular weight excluding hydrogens is 772 g/mol. The fraction of sp³-hybridized carbons (Fsp3) is 0.765. The molecule has 60 heavy (non-hydrogen) atoms. The van der Waals surface area contributed by atoms with Crippen LogP contribution in [-0.4, -0.2) is 41.0 Å². The third kappa shape index (κ3) is 48.4. The molecule has 0 bridgehead atoms. The van der Waals surface area contributed by atoms with Gasteiger partial charge in [0.1, 0.15) is 6.61 Å². The fourth-order valence-corrected chi connectivity index (χ4v) is 7.25. The molecular formula is C51H91O8P. The molecule has 0 amide bonds. The first-order valence-electron chi connectivity index (χ1n) is 24.6. The molecule has 0 aromatic heterocycles. The number of unbranched alkanes of at least 4 members (excludes halogenated alkanes) is 25. The SMILES string of the molecule is CCCCC/C=C/C/C=C/C/C=C/C/C=C/C/C=C/CCC(=O)OC[C@H](COP(=O)(O)O)OC(=O)CCCCCCCCCCCCCCCCCCCCCCCCC. The lowest BCUT2D eigenvalue weighted by molar-refractivity contribution is -0.161. The molecule has 8 nitrogen and oxygen atoms in total. The van der Waals surface area contributed by atoms with Gasteiger partial charge in [0.05, 0.1) is 6.61 Å². The fourth-order valence-electron chi connectivity index (χ4n) is 6.89. The van der Waals surface area contributed by atoms with Crippen LogP contribution in [0, 0.1) is 0 Å². The summed E-state index contributed by atoms with van der Waals surface area (Å²) in [6.07, 6.45) is 59.7. The van der Waals surface area contributed by atoms with Crippen molar-refractivity contribution in [2.75, 3.05) is 13.2 Å². The number of hydrogen-bond donors (Lipinski definition) is 2. The van der Waals surface area contributed by atoms with Crippen LogP contribution in [0.15, 0.2) is 60.8 Å². The van der Waals surface area contributed by atoms with Gasteiger partial charge < -0.3 is 19.3 Å². The summed E-state index contributed by atoms with van der Waals surface area (Å²) in [5.74, 6) is -0.974. The van der Waals surface area contributed by atoms with Crippen LogP contribution in [0.25, 0.3) is 0 Å². The van der Waals surface area contributed by atoms with Crippen molar-refractivity contribution in [3.8, 4) is 0 Å². The van der Waals surface area contributed by atoms with E-state index in [-0.39, 0.29) is 19.4 Å². The van der Waals surface area contributed by atoms with Gasteiger partial charge in [-0.2, -0.15) is 0 Å². The molecule has 2 N–H and O–H groups in total. The van der Waals surface area contributed by atoms with Crippen molar-refractivity contribution < 1.29 is 37.9 Å². The van der Waals surface area contributed by atoms with Gasteiger partial charge >= 0.3 is 19.8 Å². The molecule has 1 atom stereocenters. The van der Waals surface area contributed by atoms with Crippen LogP contribution in [-0.2, 0) is 28.2 Å². The Bertz CT molecular complexity index is 1150. The van der Waals surface area contributed by atoms with Gasteiger partial charge in [0.15, 0.2) is 6.10 Å². The predicted molar refractivity (Wildman–Crippen MR) is 253 cm³/mol. The van der Waals surface area contributed by atoms with Crippen molar-refractivity contribution >= 4 is 19.8 Å². The Labute approximate surface area is 368 Å². The summed E-state index contributed by atoms with van der Waals surface area (Å²) < 4.78 is 26.4. The second-order valence-corrected chi connectivity index (χ2v) is 17.7. The standard InChI is InChI=1S/C51H91O8P/c1-3-5-7-9-11-13-15-17-19-21-23-24-25-26-28-30-32-34-36-38-40-42-44-46-51(53)59-49(48-58-60(54,55)56)47-57-50(52)45-43-41-39-37-35-33-31-29-27-22-20-18-16-14-12-10-8-6-4-2/h12,14,18,20,27,29,33,35,39,41,49H,3-11,13,15-17,19,21-26,28,30-32,34,36-38,40,42-48H2,1-2H3,(H2,54,55,56)/b14-12+,20-18+,29-27+,35-33+,41-39+/t49-/m1/s1. The molecule has 348 valence electrons. The van der Waals surface area contributed by atoms with Gasteiger partial charge in [-0.05, 0) is 51.4 Å². The Morgan fingerprint density at radius 3 is 1.18 bits per heavy atom. The monoisotopic (exact) mass is 863 g/mol. The van der Waals surface area contributed by atoms with Crippen LogP contribution >= 0.6 is 7.82 Å². The normalized spacial score (nSPS) is 12.9. The summed E-state index contributed by atoms with van der Waals surface area (Å²) in [5.41, 5.74) is 0. The maximum absolute atomic E-state index is 12.5. The minimum atomic E-state index is -4.78. The van der Waals surface area contributed by atoms with Crippen molar-refractivity contribution in [1.29, 1.82) is 0 Å². The molecule has 0 spiro atoms. The molecule has 9 heteroatoms. The highest BCUT2D eigenvalue weighted by atomic mass is 31.2. The number of allylic oxidation sites excluding steroid dienone is 10. The number of rotatable bonds is 45. The molecule has 0 aromatic rings. The van der Waals surface area contributed by atoms with Crippen LogP contribution in [0.3, 0.4) is 0 Å². The number of hydrogen-bond acceptors (Lipinski definition) is 6. The minimum Gasteiger partial charge on any atom is -0.462 e. The van der Waals surface area contributed by atoms with Crippen LogP contribution in [0.2, 0.25) is 0 Å². The maximum Gasteiger partial charge on any atom is 0.469 e. The molecule has 0 aromatic carbocycles. The highest BCUT2D eigenvalue weighted by Gasteiger charge is 2.22. The molecule has 0 aliphatic rings. The van der Waals surface area contributed by atoms with Gasteiger partial charge in [0.2, 0.25) is 0 Å². The Morgan fingerprint density at radius 1 is 0.433 bits per heavy atom. The number of phosphoric acid groups is 1. The molecule has 0 fully saturated rings. The Morgan fingerprint density at radius 2 is 0.783 bits per heavy atom. The zero-order valence-electron chi connectivity index (χ0n) is 38.6. The van der Waals surface area contributed by atoms with E-state index in [1.165, 1.54) is 148 Å². The van der Waals surface area contributed by atoms with Crippen LogP contribution in [0.1, 0.15) is 232 Å². The third-order valence-corrected chi connectivity index (χ3v) is 11.0. The first-order chi connectivity index (χ1) is 29.3.